The minimum absolute atomic E-state index is 0.0393. The highest BCUT2D eigenvalue weighted by atomic mass is 35.5. The first kappa shape index (κ1) is 26.2. The summed E-state index contributed by atoms with van der Waals surface area (Å²) in [5, 5.41) is 15.7. The maximum absolute atomic E-state index is 13.8. The van der Waals surface area contributed by atoms with E-state index >= 15 is 0 Å². The summed E-state index contributed by atoms with van der Waals surface area (Å²) in [4.78, 5) is 28.7. The van der Waals surface area contributed by atoms with Crippen LogP contribution in [-0.4, -0.2) is 36.4 Å². The molecule has 3 aromatic carbocycles. The Morgan fingerprint density at radius 2 is 1.70 bits per heavy atom. The smallest absolute Gasteiger partial charge is 0.269 e. The summed E-state index contributed by atoms with van der Waals surface area (Å²) < 4.78 is 27.6. The van der Waals surface area contributed by atoms with Crippen molar-refractivity contribution in [2.45, 2.75) is 43.1 Å². The Hall–Kier alpha value is -3.82. The van der Waals surface area contributed by atoms with Gasteiger partial charge in [0.2, 0.25) is 15.7 Å². The lowest BCUT2D eigenvalue weighted by Crippen LogP contribution is -2.44. The quantitative estimate of drug-likeness (QED) is 0.276. The van der Waals surface area contributed by atoms with Crippen LogP contribution >= 0.6 is 11.6 Å². The topological polar surface area (TPSA) is 128 Å². The van der Waals surface area contributed by atoms with Crippen molar-refractivity contribution in [2.75, 3.05) is 0 Å². The van der Waals surface area contributed by atoms with Crippen LogP contribution in [0.3, 0.4) is 0 Å². The van der Waals surface area contributed by atoms with Gasteiger partial charge in [0.1, 0.15) is 22.4 Å². The fraction of sp³-hybridized carbons (Fsp3) is 0.185. The van der Waals surface area contributed by atoms with Crippen molar-refractivity contribution < 1.29 is 23.1 Å². The number of aryl methyl sites for hydroxylation is 2. The van der Waals surface area contributed by atoms with E-state index < -0.39 is 27.7 Å². The summed E-state index contributed by atoms with van der Waals surface area (Å²) in [6, 6.07) is 15.2. The number of amides is 2. The van der Waals surface area contributed by atoms with E-state index in [1.54, 1.807) is 56.3 Å². The maximum Gasteiger partial charge on any atom is 0.269 e. The molecule has 4 aromatic rings. The maximum atomic E-state index is 13.8. The van der Waals surface area contributed by atoms with Crippen molar-refractivity contribution in [1.29, 1.82) is 0 Å². The van der Waals surface area contributed by atoms with Crippen LogP contribution in [0.15, 0.2) is 70.5 Å². The van der Waals surface area contributed by atoms with Crippen LogP contribution in [-0.2, 0) is 21.2 Å². The van der Waals surface area contributed by atoms with Crippen molar-refractivity contribution in [1.82, 2.24) is 15.6 Å². The Bertz CT molecular complexity index is 1610. The average Bonchev–Trinajstić information content (AvgIpc) is 3.22. The summed E-state index contributed by atoms with van der Waals surface area (Å²) in [6.45, 7) is 5.13. The molecule has 0 bridgehead atoms. The number of phenolic OH excluding ortho intramolecular Hbond substituents is 1. The van der Waals surface area contributed by atoms with Crippen LogP contribution in [0.4, 0.5) is 0 Å². The van der Waals surface area contributed by atoms with Gasteiger partial charge in [-0.25, -0.2) is 8.42 Å². The first-order valence-corrected chi connectivity index (χ1v) is 13.3. The molecule has 4 N–H and O–H groups in total. The van der Waals surface area contributed by atoms with Gasteiger partial charge in [-0.15, -0.1) is 0 Å². The fourth-order valence-corrected chi connectivity index (χ4v) is 6.08. The average molecular weight is 540 g/mol. The van der Waals surface area contributed by atoms with Crippen molar-refractivity contribution in [3.05, 3.63) is 88.1 Å². The second-order valence-corrected chi connectivity index (χ2v) is 11.2. The number of hydrogen-bond donors (Lipinski definition) is 4. The van der Waals surface area contributed by atoms with Crippen molar-refractivity contribution in [3.8, 4) is 5.75 Å². The molecule has 0 aliphatic heterocycles. The number of carbonyl (C=O) groups excluding carboxylic acids is 2. The van der Waals surface area contributed by atoms with Crippen LogP contribution in [0.2, 0.25) is 5.02 Å². The van der Waals surface area contributed by atoms with Gasteiger partial charge in [-0.05, 0) is 68.3 Å². The number of rotatable bonds is 7. The molecular weight excluding hydrogens is 514 g/mol. The van der Waals surface area contributed by atoms with Gasteiger partial charge in [0.25, 0.3) is 5.91 Å². The molecule has 0 fully saturated rings. The third-order valence-electron chi connectivity index (χ3n) is 5.90. The van der Waals surface area contributed by atoms with Gasteiger partial charge in [-0.3, -0.25) is 9.59 Å². The molecular formula is C27H26ClN3O5S. The molecule has 0 spiro atoms. The van der Waals surface area contributed by atoms with Gasteiger partial charge in [0.15, 0.2) is 0 Å². The third kappa shape index (κ3) is 5.47. The van der Waals surface area contributed by atoms with Gasteiger partial charge in [0.05, 0.1) is 4.90 Å². The van der Waals surface area contributed by atoms with E-state index in [1.807, 2.05) is 6.07 Å². The first-order chi connectivity index (χ1) is 17.5. The second kappa shape index (κ2) is 10.3. The van der Waals surface area contributed by atoms with Crippen LogP contribution in [0.5, 0.6) is 5.75 Å². The zero-order chi connectivity index (χ0) is 26.9. The highest BCUT2D eigenvalue weighted by Crippen LogP contribution is 2.34. The molecule has 2 amide bonds. The third-order valence-corrected chi connectivity index (χ3v) is 7.95. The number of aromatic hydroxyl groups is 1. The molecule has 1 aromatic heterocycles. The molecule has 8 nitrogen and oxygen atoms in total. The van der Waals surface area contributed by atoms with Gasteiger partial charge in [-0.2, -0.15) is 0 Å². The standard InChI is InChI=1S/C27H26ClN3O5S/c1-15-10-16(2)12-20(11-15)37(35,36)25-21-13-19(28)8-9-22(21)31-24(25)27(34)30-17(3)26(33)29-14-18-6-4-5-7-23(18)32/h4-13,17,31-32H,14H2,1-3H3,(H,29,33)(H,30,34). The number of sulfone groups is 1. The number of carbonyl (C=O) groups is 2. The number of hydrogen-bond acceptors (Lipinski definition) is 5. The number of aromatic nitrogens is 1. The van der Waals surface area contributed by atoms with Gasteiger partial charge < -0.3 is 20.7 Å². The lowest BCUT2D eigenvalue weighted by Gasteiger charge is -2.15. The molecule has 0 radical (unpaired) electrons. The summed E-state index contributed by atoms with van der Waals surface area (Å²) >= 11 is 6.17. The normalized spacial score (nSPS) is 12.3. The van der Waals surface area contributed by atoms with Gasteiger partial charge in [-0.1, -0.05) is 35.9 Å². The molecule has 1 unspecified atom stereocenters. The van der Waals surface area contributed by atoms with E-state index in [2.05, 4.69) is 15.6 Å². The highest BCUT2D eigenvalue weighted by molar-refractivity contribution is 7.91. The summed E-state index contributed by atoms with van der Waals surface area (Å²) in [6.07, 6.45) is 0. The van der Waals surface area contributed by atoms with Gasteiger partial charge in [0, 0.05) is 28.0 Å². The molecule has 192 valence electrons. The molecule has 0 aliphatic rings. The molecule has 0 aliphatic carbocycles. The van der Waals surface area contributed by atoms with Crippen LogP contribution in [0.1, 0.15) is 34.1 Å². The number of H-pyrrole nitrogens is 1. The summed E-state index contributed by atoms with van der Waals surface area (Å²) in [5.74, 6) is -1.23. The molecule has 10 heteroatoms. The number of aromatic amines is 1. The first-order valence-electron chi connectivity index (χ1n) is 11.5. The number of nitrogens with one attached hydrogen (secondary N) is 3. The Balaban J connectivity index is 1.67. The predicted molar refractivity (Wildman–Crippen MR) is 142 cm³/mol. The summed E-state index contributed by atoms with van der Waals surface area (Å²) in [5.41, 5.74) is 2.25. The molecule has 4 rings (SSSR count). The number of fused-ring (bicyclic) bond motifs is 1. The SMILES string of the molecule is Cc1cc(C)cc(S(=O)(=O)c2c(C(=O)NC(C)C(=O)NCc3ccccc3O)[nH]c3ccc(Cl)cc23)c1. The fourth-order valence-electron chi connectivity index (χ4n) is 4.11. The molecule has 0 saturated carbocycles. The van der Waals surface area contributed by atoms with E-state index in [1.165, 1.54) is 19.1 Å². The molecule has 37 heavy (non-hydrogen) atoms. The monoisotopic (exact) mass is 539 g/mol. The number of phenols is 1. The van der Waals surface area contributed by atoms with Crippen molar-refractivity contribution in [3.63, 3.8) is 0 Å². The number of para-hydroxylation sites is 1. The molecule has 0 saturated heterocycles. The minimum Gasteiger partial charge on any atom is -0.508 e. The Labute approximate surface area is 219 Å². The van der Waals surface area contributed by atoms with Crippen molar-refractivity contribution in [2.24, 2.45) is 0 Å². The zero-order valence-corrected chi connectivity index (χ0v) is 22.0. The predicted octanol–water partition coefficient (Wildman–Crippen LogP) is 4.41. The van der Waals surface area contributed by atoms with E-state index in [0.717, 1.165) is 11.1 Å². The van der Waals surface area contributed by atoms with Crippen LogP contribution < -0.4 is 10.6 Å². The minimum atomic E-state index is -4.15. The van der Waals surface area contributed by atoms with E-state index in [9.17, 15) is 23.1 Å². The Morgan fingerprint density at radius 1 is 1.03 bits per heavy atom. The zero-order valence-electron chi connectivity index (χ0n) is 20.4. The highest BCUT2D eigenvalue weighted by Gasteiger charge is 2.31. The van der Waals surface area contributed by atoms with E-state index in [-0.39, 0.29) is 33.2 Å². The lowest BCUT2D eigenvalue weighted by molar-refractivity contribution is -0.122. The van der Waals surface area contributed by atoms with Crippen molar-refractivity contribution >= 4 is 44.2 Å². The molecule has 1 heterocycles. The molecule has 1 atom stereocenters. The number of halogens is 1. The van der Waals surface area contributed by atoms with E-state index in [4.69, 9.17) is 11.6 Å². The largest absolute Gasteiger partial charge is 0.508 e. The van der Waals surface area contributed by atoms with Gasteiger partial charge >= 0.3 is 0 Å². The summed E-state index contributed by atoms with van der Waals surface area (Å²) in [7, 11) is -4.15. The number of benzene rings is 3. The Morgan fingerprint density at radius 3 is 2.38 bits per heavy atom. The second-order valence-electron chi connectivity index (χ2n) is 8.89. The lowest BCUT2D eigenvalue weighted by atomic mass is 10.2. The Kier molecular flexibility index (Phi) is 7.29. The van der Waals surface area contributed by atoms with Crippen LogP contribution in [0, 0.1) is 13.8 Å². The van der Waals surface area contributed by atoms with Crippen LogP contribution in [0.25, 0.3) is 10.9 Å². The van der Waals surface area contributed by atoms with E-state index in [0.29, 0.717) is 16.1 Å².